The number of fused-ring (bicyclic) bond motifs is 1. The summed E-state index contributed by atoms with van der Waals surface area (Å²) in [5, 5.41) is 32.1. The zero-order chi connectivity index (χ0) is 16.9. The number of alkyl halides is 3. The molecule has 0 aromatic carbocycles. The molecule has 2 aromatic rings. The summed E-state index contributed by atoms with van der Waals surface area (Å²) in [6, 6.07) is 0. The molecule has 0 saturated carbocycles. The second-order valence-electron chi connectivity index (χ2n) is 4.97. The highest BCUT2D eigenvalue weighted by Crippen LogP contribution is 2.31. The number of rotatable bonds is 2. The zero-order valence-electron chi connectivity index (χ0n) is 11.2. The molecule has 4 N–H and O–H groups in total. The van der Waals surface area contributed by atoms with Gasteiger partial charge in [0.05, 0.1) is 12.8 Å². The van der Waals surface area contributed by atoms with Gasteiger partial charge in [0, 0.05) is 0 Å². The molecule has 0 bridgehead atoms. The minimum absolute atomic E-state index is 0.240. The highest BCUT2D eigenvalue weighted by atomic mass is 19.4. The second-order valence-corrected chi connectivity index (χ2v) is 4.97. The van der Waals surface area contributed by atoms with E-state index in [4.69, 9.17) is 9.84 Å². The van der Waals surface area contributed by atoms with Crippen LogP contribution in [-0.4, -0.2) is 60.0 Å². The normalized spacial score (nSPS) is 28.6. The number of hydrogen-bond acceptors (Lipinski definition) is 7. The van der Waals surface area contributed by atoms with Gasteiger partial charge in [0.15, 0.2) is 11.9 Å². The number of aromatic amines is 1. The standard InChI is InChI=1S/C11H11F3N4O5/c12-11(13,14)10-16-7-3(8(22)17-10)1-15-18(7)9-6(21)5(20)4(2-19)23-9/h1,4-6,9,19-21H,2H2,(H,16,17,22)/t4-,5-,6?,9-/m1/s1. The topological polar surface area (TPSA) is 133 Å². The Balaban J connectivity index is 2.12. The van der Waals surface area contributed by atoms with Crippen molar-refractivity contribution < 1.29 is 33.2 Å². The third kappa shape index (κ3) is 2.49. The van der Waals surface area contributed by atoms with Gasteiger partial charge in [-0.15, -0.1) is 0 Å². The zero-order valence-corrected chi connectivity index (χ0v) is 11.2. The first-order valence-electron chi connectivity index (χ1n) is 6.41. The van der Waals surface area contributed by atoms with Crippen LogP contribution in [0.5, 0.6) is 0 Å². The van der Waals surface area contributed by atoms with Crippen molar-refractivity contribution >= 4 is 11.0 Å². The van der Waals surface area contributed by atoms with Gasteiger partial charge in [-0.3, -0.25) is 4.79 Å². The lowest BCUT2D eigenvalue weighted by atomic mass is 10.1. The molecular weight excluding hydrogens is 325 g/mol. The molecule has 0 spiro atoms. The van der Waals surface area contributed by atoms with E-state index in [0.29, 0.717) is 0 Å². The Morgan fingerprint density at radius 1 is 1.35 bits per heavy atom. The average molecular weight is 336 g/mol. The van der Waals surface area contributed by atoms with E-state index < -0.39 is 54.4 Å². The first-order valence-corrected chi connectivity index (χ1v) is 6.41. The first kappa shape index (κ1) is 15.9. The summed E-state index contributed by atoms with van der Waals surface area (Å²) in [4.78, 5) is 16.6. The molecule has 3 rings (SSSR count). The largest absolute Gasteiger partial charge is 0.449 e. The van der Waals surface area contributed by atoms with Gasteiger partial charge in [-0.25, -0.2) is 9.67 Å². The minimum atomic E-state index is -4.88. The molecule has 1 saturated heterocycles. The average Bonchev–Trinajstić information content (AvgIpc) is 3.01. The van der Waals surface area contributed by atoms with Crippen LogP contribution in [0.4, 0.5) is 13.2 Å². The maximum absolute atomic E-state index is 12.8. The summed E-state index contributed by atoms with van der Waals surface area (Å²) in [7, 11) is 0. The van der Waals surface area contributed by atoms with Gasteiger partial charge < -0.3 is 25.0 Å². The van der Waals surface area contributed by atoms with Crippen LogP contribution in [0.1, 0.15) is 12.1 Å². The van der Waals surface area contributed by atoms with Gasteiger partial charge in [-0.2, -0.15) is 18.3 Å². The number of aromatic nitrogens is 4. The van der Waals surface area contributed by atoms with Crippen molar-refractivity contribution in [2.75, 3.05) is 6.61 Å². The first-order chi connectivity index (χ1) is 10.7. The van der Waals surface area contributed by atoms with Crippen molar-refractivity contribution in [3.05, 3.63) is 22.4 Å². The number of halogens is 3. The van der Waals surface area contributed by atoms with Crippen LogP contribution in [0.2, 0.25) is 0 Å². The molecule has 1 fully saturated rings. The highest BCUT2D eigenvalue weighted by Gasteiger charge is 2.45. The smallest absolute Gasteiger partial charge is 0.394 e. The summed E-state index contributed by atoms with van der Waals surface area (Å²) in [6.45, 7) is -0.615. The van der Waals surface area contributed by atoms with Gasteiger partial charge in [0.25, 0.3) is 5.56 Å². The Hall–Kier alpha value is -2.02. The van der Waals surface area contributed by atoms with E-state index in [1.54, 1.807) is 4.98 Å². The summed E-state index contributed by atoms with van der Waals surface area (Å²) in [6.07, 6.45) is -9.48. The Bertz CT molecular complexity index is 788. The lowest BCUT2D eigenvalue weighted by Gasteiger charge is -2.16. The maximum atomic E-state index is 12.8. The van der Waals surface area contributed by atoms with E-state index in [1.165, 1.54) is 0 Å². The number of nitrogens with one attached hydrogen (secondary N) is 1. The minimum Gasteiger partial charge on any atom is -0.394 e. The molecule has 3 heterocycles. The van der Waals surface area contributed by atoms with Crippen LogP contribution >= 0.6 is 0 Å². The van der Waals surface area contributed by atoms with Crippen molar-refractivity contribution in [3.63, 3.8) is 0 Å². The fourth-order valence-electron chi connectivity index (χ4n) is 2.34. The molecular formula is C11H11F3N4O5. The van der Waals surface area contributed by atoms with Crippen molar-refractivity contribution in [2.24, 2.45) is 0 Å². The van der Waals surface area contributed by atoms with E-state index in [2.05, 4.69) is 10.1 Å². The Labute approximate surface area is 124 Å². The van der Waals surface area contributed by atoms with Crippen molar-refractivity contribution in [1.29, 1.82) is 0 Å². The summed E-state index contributed by atoms with van der Waals surface area (Å²) in [5.74, 6) is -1.52. The van der Waals surface area contributed by atoms with Crippen LogP contribution < -0.4 is 5.56 Å². The Morgan fingerprint density at radius 2 is 2.04 bits per heavy atom. The Morgan fingerprint density at radius 3 is 2.61 bits per heavy atom. The monoisotopic (exact) mass is 336 g/mol. The predicted octanol–water partition coefficient (Wildman–Crippen LogP) is -1.25. The number of nitrogens with zero attached hydrogens (tertiary/aromatic N) is 3. The van der Waals surface area contributed by atoms with Crippen LogP contribution in [0.15, 0.2) is 11.0 Å². The summed E-state index contributed by atoms with van der Waals surface area (Å²) < 4.78 is 44.2. The third-order valence-electron chi connectivity index (χ3n) is 3.49. The Kier molecular flexibility index (Phi) is 3.63. The fraction of sp³-hybridized carbons (Fsp3) is 0.545. The highest BCUT2D eigenvalue weighted by molar-refractivity contribution is 5.73. The SMILES string of the molecule is O=c1[nH]c(C(F)(F)F)nc2c1cnn2[C@@H]1O[C@H](CO)[C@@H](O)C1O. The molecule has 1 aliphatic rings. The summed E-state index contributed by atoms with van der Waals surface area (Å²) in [5.41, 5.74) is -1.52. The molecule has 0 amide bonds. The number of H-pyrrole nitrogens is 1. The van der Waals surface area contributed by atoms with Crippen LogP contribution in [0.3, 0.4) is 0 Å². The predicted molar refractivity (Wildman–Crippen MR) is 66.2 cm³/mol. The number of aliphatic hydroxyl groups excluding tert-OH is 3. The van der Waals surface area contributed by atoms with Crippen LogP contribution in [0.25, 0.3) is 11.0 Å². The maximum Gasteiger partial charge on any atom is 0.449 e. The summed E-state index contributed by atoms with van der Waals surface area (Å²) >= 11 is 0. The van der Waals surface area contributed by atoms with Gasteiger partial charge in [0.1, 0.15) is 23.7 Å². The van der Waals surface area contributed by atoms with Gasteiger partial charge >= 0.3 is 6.18 Å². The van der Waals surface area contributed by atoms with Crippen LogP contribution in [0, 0.1) is 0 Å². The molecule has 1 unspecified atom stereocenters. The van der Waals surface area contributed by atoms with Gasteiger partial charge in [0.2, 0.25) is 5.82 Å². The lowest BCUT2D eigenvalue weighted by molar-refractivity contribution is -0.145. The van der Waals surface area contributed by atoms with Gasteiger partial charge in [-0.1, -0.05) is 0 Å². The van der Waals surface area contributed by atoms with Crippen molar-refractivity contribution in [2.45, 2.75) is 30.7 Å². The van der Waals surface area contributed by atoms with E-state index >= 15 is 0 Å². The molecule has 12 heteroatoms. The number of hydrogen-bond donors (Lipinski definition) is 4. The number of ether oxygens (including phenoxy) is 1. The second kappa shape index (κ2) is 5.26. The van der Waals surface area contributed by atoms with E-state index in [0.717, 1.165) is 10.9 Å². The van der Waals surface area contributed by atoms with E-state index in [1.807, 2.05) is 0 Å². The molecule has 4 atom stereocenters. The molecule has 23 heavy (non-hydrogen) atoms. The van der Waals surface area contributed by atoms with E-state index in [9.17, 15) is 28.2 Å². The molecule has 0 radical (unpaired) electrons. The van der Waals surface area contributed by atoms with Gasteiger partial charge in [-0.05, 0) is 0 Å². The molecule has 126 valence electrons. The number of aliphatic hydroxyl groups is 3. The third-order valence-corrected chi connectivity index (χ3v) is 3.49. The van der Waals surface area contributed by atoms with E-state index in [-0.39, 0.29) is 5.39 Å². The molecule has 1 aliphatic heterocycles. The molecule has 9 nitrogen and oxygen atoms in total. The quantitative estimate of drug-likeness (QED) is 0.538. The molecule has 2 aromatic heterocycles. The van der Waals surface area contributed by atoms with Crippen molar-refractivity contribution in [3.8, 4) is 0 Å². The lowest BCUT2D eigenvalue weighted by Crippen LogP contribution is -2.33. The van der Waals surface area contributed by atoms with Crippen LogP contribution in [-0.2, 0) is 10.9 Å². The fourth-order valence-corrected chi connectivity index (χ4v) is 2.34. The van der Waals surface area contributed by atoms with Crippen molar-refractivity contribution in [1.82, 2.24) is 19.7 Å². The molecule has 0 aliphatic carbocycles.